The Morgan fingerprint density at radius 2 is 2.24 bits per heavy atom. The van der Waals surface area contributed by atoms with Crippen LogP contribution in [-0.2, 0) is 0 Å². The van der Waals surface area contributed by atoms with Crippen LogP contribution in [0.25, 0.3) is 10.2 Å². The molecule has 1 fully saturated rings. The van der Waals surface area contributed by atoms with E-state index in [0.717, 1.165) is 40.9 Å². The van der Waals surface area contributed by atoms with E-state index in [4.69, 9.17) is 4.98 Å². The number of carbonyl (C=O) groups excluding carboxylic acids is 1. The molecule has 0 aliphatic carbocycles. The van der Waals surface area contributed by atoms with Gasteiger partial charge in [0.05, 0.1) is 10.2 Å². The third kappa shape index (κ3) is 3.65. The average Bonchev–Trinajstić information content (AvgIpc) is 3.28. The zero-order valence-electron chi connectivity index (χ0n) is 13.8. The Morgan fingerprint density at radius 1 is 1.36 bits per heavy atom. The molecule has 3 heterocycles. The van der Waals surface area contributed by atoms with E-state index in [2.05, 4.69) is 21.3 Å². The van der Waals surface area contributed by atoms with Gasteiger partial charge in [-0.15, -0.1) is 11.3 Å². The van der Waals surface area contributed by atoms with Crippen LogP contribution >= 0.6 is 34.4 Å². The molecule has 1 N–H and O–H groups in total. The minimum atomic E-state index is -0.0762. The van der Waals surface area contributed by atoms with E-state index in [0.29, 0.717) is 5.69 Å². The second-order valence-corrected chi connectivity index (χ2v) is 8.85. The quantitative estimate of drug-likeness (QED) is 0.685. The maximum Gasteiger partial charge on any atom is 0.271 e. The van der Waals surface area contributed by atoms with Crippen LogP contribution in [0.2, 0.25) is 0 Å². The van der Waals surface area contributed by atoms with Gasteiger partial charge < -0.3 is 10.2 Å². The van der Waals surface area contributed by atoms with E-state index >= 15 is 0 Å². The molecule has 2 aromatic heterocycles. The van der Waals surface area contributed by atoms with Gasteiger partial charge in [0.25, 0.3) is 5.91 Å². The molecule has 1 saturated heterocycles. The standard InChI is InChI=1S/C17H18N4OS3/c1-23-17-20-13(10-24-17)15(22)18-11-5-4-8-21(9-11)16-19-12-6-2-3-7-14(12)25-16/h2-3,6-7,10-11H,4-5,8-9H2,1H3,(H,18,22)/t11-/m0/s1. The molecule has 130 valence electrons. The van der Waals surface area contributed by atoms with Crippen molar-refractivity contribution in [3.63, 3.8) is 0 Å². The van der Waals surface area contributed by atoms with Crippen molar-refractivity contribution >= 4 is 55.7 Å². The summed E-state index contributed by atoms with van der Waals surface area (Å²) in [6.07, 6.45) is 4.01. The Bertz CT molecular complexity index is 858. The van der Waals surface area contributed by atoms with Gasteiger partial charge in [-0.25, -0.2) is 9.97 Å². The van der Waals surface area contributed by atoms with Crippen molar-refractivity contribution in [1.29, 1.82) is 0 Å². The van der Waals surface area contributed by atoms with Crippen molar-refractivity contribution in [2.24, 2.45) is 0 Å². The molecule has 0 unspecified atom stereocenters. The number of fused-ring (bicyclic) bond motifs is 1. The summed E-state index contributed by atoms with van der Waals surface area (Å²) >= 11 is 4.79. The molecule has 5 nitrogen and oxygen atoms in total. The minimum absolute atomic E-state index is 0.0762. The highest BCUT2D eigenvalue weighted by molar-refractivity contribution is 8.00. The van der Waals surface area contributed by atoms with Crippen molar-refractivity contribution in [3.05, 3.63) is 35.3 Å². The fraction of sp³-hybridized carbons (Fsp3) is 0.353. The zero-order valence-corrected chi connectivity index (χ0v) is 16.2. The van der Waals surface area contributed by atoms with Crippen LogP contribution < -0.4 is 10.2 Å². The molecule has 4 rings (SSSR count). The van der Waals surface area contributed by atoms with Crippen molar-refractivity contribution < 1.29 is 4.79 Å². The number of benzene rings is 1. The number of nitrogens with one attached hydrogen (secondary N) is 1. The number of hydrogen-bond donors (Lipinski definition) is 1. The molecule has 25 heavy (non-hydrogen) atoms. The first-order valence-electron chi connectivity index (χ1n) is 8.14. The highest BCUT2D eigenvalue weighted by atomic mass is 32.2. The number of hydrogen-bond acceptors (Lipinski definition) is 7. The molecule has 0 spiro atoms. The van der Waals surface area contributed by atoms with Crippen LogP contribution in [0, 0.1) is 0 Å². The van der Waals surface area contributed by atoms with E-state index in [1.165, 1.54) is 16.0 Å². The fourth-order valence-electron chi connectivity index (χ4n) is 2.98. The second-order valence-electron chi connectivity index (χ2n) is 5.93. The molecule has 1 aliphatic rings. The first-order valence-corrected chi connectivity index (χ1v) is 11.1. The number of rotatable bonds is 4. The molecule has 0 saturated carbocycles. The number of carbonyl (C=O) groups is 1. The van der Waals surface area contributed by atoms with E-state index in [-0.39, 0.29) is 11.9 Å². The van der Waals surface area contributed by atoms with E-state index < -0.39 is 0 Å². The smallest absolute Gasteiger partial charge is 0.271 e. The third-order valence-corrected chi connectivity index (χ3v) is 7.16. The number of anilines is 1. The summed E-state index contributed by atoms with van der Waals surface area (Å²) in [4.78, 5) is 23.8. The summed E-state index contributed by atoms with van der Waals surface area (Å²) in [6, 6.07) is 8.34. The van der Waals surface area contributed by atoms with Crippen molar-refractivity contribution in [3.8, 4) is 0 Å². The number of piperidine rings is 1. The predicted octanol–water partition coefficient (Wildman–Crippen LogP) is 3.87. The van der Waals surface area contributed by atoms with Crippen molar-refractivity contribution in [2.75, 3.05) is 24.2 Å². The second kappa shape index (κ2) is 7.31. The van der Waals surface area contributed by atoms with Gasteiger partial charge in [0.2, 0.25) is 0 Å². The van der Waals surface area contributed by atoms with Crippen LogP contribution in [0.15, 0.2) is 34.0 Å². The Kier molecular flexibility index (Phi) is 4.91. The normalized spacial score (nSPS) is 17.8. The molecule has 1 atom stereocenters. The number of thiazole rings is 2. The molecule has 0 bridgehead atoms. The largest absolute Gasteiger partial charge is 0.346 e. The summed E-state index contributed by atoms with van der Waals surface area (Å²) in [5, 5.41) is 6.01. The van der Waals surface area contributed by atoms with Gasteiger partial charge in [-0.3, -0.25) is 4.79 Å². The van der Waals surface area contributed by atoms with Gasteiger partial charge in [-0.1, -0.05) is 35.2 Å². The minimum Gasteiger partial charge on any atom is -0.346 e. The van der Waals surface area contributed by atoms with Crippen molar-refractivity contribution in [1.82, 2.24) is 15.3 Å². The molecule has 1 aromatic carbocycles. The Balaban J connectivity index is 1.44. The summed E-state index contributed by atoms with van der Waals surface area (Å²) < 4.78 is 2.13. The van der Waals surface area contributed by atoms with Crippen LogP contribution in [-0.4, -0.2) is 41.3 Å². The van der Waals surface area contributed by atoms with Crippen LogP contribution in [0.3, 0.4) is 0 Å². The van der Waals surface area contributed by atoms with Gasteiger partial charge in [0.15, 0.2) is 5.13 Å². The predicted molar refractivity (Wildman–Crippen MR) is 106 cm³/mol. The monoisotopic (exact) mass is 390 g/mol. The lowest BCUT2D eigenvalue weighted by Gasteiger charge is -2.32. The molecule has 3 aromatic rings. The summed E-state index contributed by atoms with van der Waals surface area (Å²) in [5.41, 5.74) is 1.56. The van der Waals surface area contributed by atoms with E-state index in [1.54, 1.807) is 23.1 Å². The summed E-state index contributed by atoms with van der Waals surface area (Å²) in [5.74, 6) is -0.0762. The van der Waals surface area contributed by atoms with Crippen LogP contribution in [0.4, 0.5) is 5.13 Å². The number of para-hydroxylation sites is 1. The van der Waals surface area contributed by atoms with Crippen molar-refractivity contribution in [2.45, 2.75) is 23.2 Å². The lowest BCUT2D eigenvalue weighted by Crippen LogP contribution is -2.47. The topological polar surface area (TPSA) is 58.1 Å². The number of thioether (sulfide) groups is 1. The Morgan fingerprint density at radius 3 is 3.04 bits per heavy atom. The maximum atomic E-state index is 12.4. The molecule has 1 amide bonds. The van der Waals surface area contributed by atoms with Crippen LogP contribution in [0.5, 0.6) is 0 Å². The molecular formula is C17H18N4OS3. The zero-order chi connectivity index (χ0) is 17.2. The summed E-state index contributed by atoms with van der Waals surface area (Å²) in [6.45, 7) is 1.78. The summed E-state index contributed by atoms with van der Waals surface area (Å²) in [7, 11) is 0. The molecule has 8 heteroatoms. The lowest BCUT2D eigenvalue weighted by atomic mass is 10.1. The highest BCUT2D eigenvalue weighted by Gasteiger charge is 2.24. The maximum absolute atomic E-state index is 12.4. The first kappa shape index (κ1) is 16.8. The van der Waals surface area contributed by atoms with Crippen LogP contribution in [0.1, 0.15) is 23.3 Å². The molecular weight excluding hydrogens is 372 g/mol. The number of aromatic nitrogens is 2. The number of nitrogens with zero attached hydrogens (tertiary/aromatic N) is 3. The van der Waals surface area contributed by atoms with Gasteiger partial charge in [0.1, 0.15) is 10.0 Å². The van der Waals surface area contributed by atoms with Gasteiger partial charge in [-0.05, 0) is 31.2 Å². The molecule has 1 aliphatic heterocycles. The third-order valence-electron chi connectivity index (χ3n) is 4.20. The Hall–Kier alpha value is -1.64. The van der Waals surface area contributed by atoms with Gasteiger partial charge in [0, 0.05) is 24.5 Å². The van der Waals surface area contributed by atoms with Gasteiger partial charge in [-0.2, -0.15) is 0 Å². The van der Waals surface area contributed by atoms with E-state index in [1.807, 2.05) is 29.8 Å². The fourth-order valence-corrected chi connectivity index (χ4v) is 5.22. The average molecular weight is 391 g/mol. The lowest BCUT2D eigenvalue weighted by molar-refractivity contribution is 0.0928. The highest BCUT2D eigenvalue weighted by Crippen LogP contribution is 2.30. The SMILES string of the molecule is CSc1nc(C(=O)N[C@H]2CCCN(c3nc4ccccc4s3)C2)cs1. The first-order chi connectivity index (χ1) is 12.2. The van der Waals surface area contributed by atoms with E-state index in [9.17, 15) is 4.79 Å². The van der Waals surface area contributed by atoms with Gasteiger partial charge >= 0.3 is 0 Å². The Labute approximate surface area is 158 Å². The number of amides is 1. The molecule has 0 radical (unpaired) electrons.